The second-order valence-corrected chi connectivity index (χ2v) is 6.58. The van der Waals surface area contributed by atoms with E-state index in [1.165, 1.54) is 10.5 Å². The summed E-state index contributed by atoms with van der Waals surface area (Å²) in [5.41, 5.74) is 2.32. The van der Waals surface area contributed by atoms with Gasteiger partial charge in [-0.15, -0.1) is 24.0 Å². The van der Waals surface area contributed by atoms with E-state index in [1.54, 1.807) is 14.1 Å². The Morgan fingerprint density at radius 3 is 2.45 bits per heavy atom. The van der Waals surface area contributed by atoms with Crippen LogP contribution in [0.5, 0.6) is 5.75 Å². The van der Waals surface area contributed by atoms with Crippen LogP contribution in [0, 0.1) is 0 Å². The third kappa shape index (κ3) is 9.65. The average molecular weight is 510 g/mol. The van der Waals surface area contributed by atoms with Gasteiger partial charge in [0, 0.05) is 27.2 Å². The van der Waals surface area contributed by atoms with Crippen LogP contribution < -0.4 is 15.4 Å². The topological polar surface area (TPSA) is 66.0 Å². The van der Waals surface area contributed by atoms with Crippen molar-refractivity contribution in [1.29, 1.82) is 0 Å². The molecule has 2 aromatic carbocycles. The molecule has 0 bridgehead atoms. The molecule has 0 unspecified atom stereocenters. The number of carbonyl (C=O) groups is 1. The van der Waals surface area contributed by atoms with E-state index in [0.717, 1.165) is 31.0 Å². The first-order chi connectivity index (χ1) is 13.6. The minimum Gasteiger partial charge on any atom is -0.484 e. The first-order valence-corrected chi connectivity index (χ1v) is 9.56. The Bertz CT molecular complexity index is 766. The summed E-state index contributed by atoms with van der Waals surface area (Å²) in [6.45, 7) is 4.21. The highest BCUT2D eigenvalue weighted by Gasteiger charge is 2.05. The van der Waals surface area contributed by atoms with E-state index in [-0.39, 0.29) is 36.5 Å². The number of likely N-dealkylation sites (N-methyl/N-ethyl adjacent to an activating group) is 1. The van der Waals surface area contributed by atoms with Crippen LogP contribution in [0.15, 0.2) is 59.6 Å². The van der Waals surface area contributed by atoms with E-state index in [9.17, 15) is 4.79 Å². The summed E-state index contributed by atoms with van der Waals surface area (Å²) in [7, 11) is 3.42. The summed E-state index contributed by atoms with van der Waals surface area (Å²) in [5, 5.41) is 6.63. The number of aliphatic imine (C=N–C) groups is 1. The Hall–Kier alpha value is -2.29. The van der Waals surface area contributed by atoms with E-state index in [4.69, 9.17) is 4.74 Å². The third-order valence-corrected chi connectivity index (χ3v) is 4.07. The molecule has 2 N–H and O–H groups in total. The molecule has 0 saturated carbocycles. The monoisotopic (exact) mass is 510 g/mol. The van der Waals surface area contributed by atoms with Gasteiger partial charge in [0.25, 0.3) is 5.91 Å². The molecule has 0 saturated heterocycles. The van der Waals surface area contributed by atoms with Gasteiger partial charge in [0.05, 0.1) is 6.54 Å². The zero-order valence-corrected chi connectivity index (χ0v) is 19.7. The number of nitrogens with zero attached hydrogens (tertiary/aromatic N) is 2. The first-order valence-electron chi connectivity index (χ1n) is 9.56. The van der Waals surface area contributed by atoms with E-state index in [2.05, 4.69) is 39.9 Å². The van der Waals surface area contributed by atoms with Crippen LogP contribution in [-0.4, -0.2) is 50.6 Å². The number of ether oxygens (including phenoxy) is 1. The lowest BCUT2D eigenvalue weighted by Gasteiger charge is -2.12. The van der Waals surface area contributed by atoms with Crippen LogP contribution in [0.2, 0.25) is 0 Å². The fourth-order valence-corrected chi connectivity index (χ4v) is 2.49. The summed E-state index contributed by atoms with van der Waals surface area (Å²) in [6.07, 6.45) is 0.939. The molecule has 0 spiro atoms. The van der Waals surface area contributed by atoms with Gasteiger partial charge in [0.2, 0.25) is 0 Å². The molecule has 0 radical (unpaired) electrons. The van der Waals surface area contributed by atoms with Crippen LogP contribution in [0.25, 0.3) is 0 Å². The molecular weight excluding hydrogens is 479 g/mol. The summed E-state index contributed by atoms with van der Waals surface area (Å²) in [6, 6.07) is 18.0. The van der Waals surface area contributed by atoms with Crippen molar-refractivity contribution in [3.05, 3.63) is 65.7 Å². The summed E-state index contributed by atoms with van der Waals surface area (Å²) >= 11 is 0. The maximum absolute atomic E-state index is 11.7. The number of hydrogen-bond donors (Lipinski definition) is 2. The largest absolute Gasteiger partial charge is 0.484 e. The minimum absolute atomic E-state index is 0. The van der Waals surface area contributed by atoms with Crippen molar-refractivity contribution in [3.63, 3.8) is 0 Å². The molecule has 0 atom stereocenters. The van der Waals surface area contributed by atoms with E-state index < -0.39 is 0 Å². The number of amides is 1. The van der Waals surface area contributed by atoms with E-state index in [1.807, 2.05) is 37.3 Å². The molecule has 0 aromatic heterocycles. The molecule has 1 amide bonds. The zero-order valence-electron chi connectivity index (χ0n) is 17.4. The number of guanidine groups is 1. The van der Waals surface area contributed by atoms with Crippen molar-refractivity contribution in [3.8, 4) is 5.75 Å². The van der Waals surface area contributed by atoms with Crippen molar-refractivity contribution < 1.29 is 9.53 Å². The summed E-state index contributed by atoms with van der Waals surface area (Å²) in [5.74, 6) is 1.39. The highest BCUT2D eigenvalue weighted by Crippen LogP contribution is 2.14. The molecule has 0 fully saturated rings. The Morgan fingerprint density at radius 1 is 1.03 bits per heavy atom. The van der Waals surface area contributed by atoms with Gasteiger partial charge < -0.3 is 20.3 Å². The molecule has 0 aliphatic heterocycles. The van der Waals surface area contributed by atoms with Gasteiger partial charge in [-0.1, -0.05) is 42.5 Å². The van der Waals surface area contributed by atoms with E-state index >= 15 is 0 Å². The highest BCUT2D eigenvalue weighted by atomic mass is 127. The molecule has 7 heteroatoms. The van der Waals surface area contributed by atoms with Gasteiger partial charge in [-0.2, -0.15) is 0 Å². The van der Waals surface area contributed by atoms with Gasteiger partial charge in [-0.3, -0.25) is 4.79 Å². The fraction of sp³-hybridized carbons (Fsp3) is 0.364. The molecular formula is C22H31IN4O2. The van der Waals surface area contributed by atoms with Gasteiger partial charge in [-0.25, -0.2) is 4.99 Å². The predicted octanol–water partition coefficient (Wildman–Crippen LogP) is 3.07. The van der Waals surface area contributed by atoms with Crippen molar-refractivity contribution in [1.82, 2.24) is 15.5 Å². The molecule has 6 nitrogen and oxygen atoms in total. The molecule has 2 aromatic rings. The van der Waals surface area contributed by atoms with Gasteiger partial charge in [0.1, 0.15) is 5.75 Å². The number of carbonyl (C=O) groups excluding carboxylic acids is 1. The lowest BCUT2D eigenvalue weighted by Crippen LogP contribution is -2.38. The second-order valence-electron chi connectivity index (χ2n) is 6.58. The molecule has 0 heterocycles. The third-order valence-electron chi connectivity index (χ3n) is 4.07. The Labute approximate surface area is 190 Å². The van der Waals surface area contributed by atoms with Gasteiger partial charge >= 0.3 is 0 Å². The zero-order chi connectivity index (χ0) is 20.2. The molecule has 29 heavy (non-hydrogen) atoms. The standard InChI is InChI=1S/C22H30N4O2.HI/c1-4-23-22(24-14-13-18-9-6-5-7-10-18)25-16-19-11-8-12-20(15-19)28-17-21(27)26(2)3;/h5-12,15H,4,13-14,16-17H2,1-3H3,(H2,23,24,25);1H. The van der Waals surface area contributed by atoms with Crippen LogP contribution in [0.4, 0.5) is 0 Å². The average Bonchev–Trinajstić information content (AvgIpc) is 2.71. The number of nitrogens with one attached hydrogen (secondary N) is 2. The smallest absolute Gasteiger partial charge is 0.259 e. The van der Waals surface area contributed by atoms with Crippen molar-refractivity contribution >= 4 is 35.8 Å². The number of benzene rings is 2. The highest BCUT2D eigenvalue weighted by molar-refractivity contribution is 14.0. The van der Waals surface area contributed by atoms with Gasteiger partial charge in [0.15, 0.2) is 12.6 Å². The molecule has 0 aliphatic rings. The number of hydrogen-bond acceptors (Lipinski definition) is 3. The number of rotatable bonds is 9. The van der Waals surface area contributed by atoms with Gasteiger partial charge in [-0.05, 0) is 36.6 Å². The second kappa shape index (κ2) is 13.8. The summed E-state index contributed by atoms with van der Waals surface area (Å²) < 4.78 is 5.57. The number of halogens is 1. The lowest BCUT2D eigenvalue weighted by molar-refractivity contribution is -0.130. The molecule has 0 aliphatic carbocycles. The molecule has 2 rings (SSSR count). The predicted molar refractivity (Wildman–Crippen MR) is 129 cm³/mol. The maximum Gasteiger partial charge on any atom is 0.259 e. The van der Waals surface area contributed by atoms with Crippen molar-refractivity contribution in [2.45, 2.75) is 19.9 Å². The van der Waals surface area contributed by atoms with Crippen molar-refractivity contribution in [2.24, 2.45) is 4.99 Å². The normalized spacial score (nSPS) is 10.7. The Kier molecular flexibility index (Phi) is 11.8. The quantitative estimate of drug-likeness (QED) is 0.309. The summed E-state index contributed by atoms with van der Waals surface area (Å²) in [4.78, 5) is 17.8. The molecule has 158 valence electrons. The maximum atomic E-state index is 11.7. The minimum atomic E-state index is -0.0690. The Morgan fingerprint density at radius 2 is 1.76 bits per heavy atom. The fourth-order valence-electron chi connectivity index (χ4n) is 2.49. The van der Waals surface area contributed by atoms with E-state index in [0.29, 0.717) is 12.3 Å². The van der Waals surface area contributed by atoms with Crippen LogP contribution in [0.1, 0.15) is 18.1 Å². The van der Waals surface area contributed by atoms with Crippen LogP contribution in [-0.2, 0) is 17.8 Å². The first kappa shape index (κ1) is 24.7. The van der Waals surface area contributed by atoms with Crippen LogP contribution >= 0.6 is 24.0 Å². The van der Waals surface area contributed by atoms with Crippen molar-refractivity contribution in [2.75, 3.05) is 33.8 Å². The SMILES string of the molecule is CCNC(=NCc1cccc(OCC(=O)N(C)C)c1)NCCc1ccccc1.I. The Balaban J connectivity index is 0.00000420. The lowest BCUT2D eigenvalue weighted by atomic mass is 10.1. The van der Waals surface area contributed by atoms with Crippen LogP contribution in [0.3, 0.4) is 0 Å².